The Morgan fingerprint density at radius 2 is 0.659 bits per heavy atom. The van der Waals surface area contributed by atoms with E-state index in [1.165, 1.54) is 91.4 Å². The van der Waals surface area contributed by atoms with Crippen molar-refractivity contribution in [3.8, 4) is 0 Å². The maximum atomic E-state index is 10.2. The van der Waals surface area contributed by atoms with Gasteiger partial charge in [-0.05, 0) is 104 Å². The van der Waals surface area contributed by atoms with Gasteiger partial charge in [0, 0.05) is 1.43 Å². The fraction of sp³-hybridized carbons (Fsp3) is 0.100. The van der Waals surface area contributed by atoms with Crippen molar-refractivity contribution in [2.45, 2.75) is 35.0 Å². The Balaban J connectivity index is -0.000000157. The van der Waals surface area contributed by atoms with E-state index in [1.54, 1.807) is 25.1 Å². The fourth-order valence-electron chi connectivity index (χ4n) is 4.05. The molecule has 0 atom stereocenters. The molecular weight excluding hydrogens is 1110 g/mol. The maximum absolute atomic E-state index is 10.2. The van der Waals surface area contributed by atoms with Crippen LogP contribution < -0.4 is 0 Å². The molecule has 8 aromatic rings. The third-order valence-electron chi connectivity index (χ3n) is 7.26. The molecule has 8 rings (SSSR count). The summed E-state index contributed by atoms with van der Waals surface area (Å²) in [6.45, 7) is 10.4. The van der Waals surface area contributed by atoms with Crippen LogP contribution in [0.3, 0.4) is 0 Å². The molecule has 8 heterocycles. The van der Waals surface area contributed by atoms with Crippen LogP contribution in [-0.4, -0.2) is 124 Å². The zero-order chi connectivity index (χ0) is 59.8. The van der Waals surface area contributed by atoms with Crippen molar-refractivity contribution in [3.05, 3.63) is 204 Å². The Labute approximate surface area is 460 Å². The van der Waals surface area contributed by atoms with Gasteiger partial charge in [-0.15, -0.1) is 0 Å². The van der Waals surface area contributed by atoms with Crippen LogP contribution in [0.2, 0.25) is 0 Å². The smallest absolute Gasteiger partial charge is 0 e. The molecule has 0 aromatic carbocycles. The third kappa shape index (κ3) is 33.5. The van der Waals surface area contributed by atoms with Crippen molar-refractivity contribution >= 4 is 66.9 Å². The van der Waals surface area contributed by atoms with Crippen LogP contribution in [0, 0.1) is 20.2 Å². The number of hydrogen-bond acceptors (Lipinski definition) is 21. The first-order chi connectivity index (χ1) is 37.1. The summed E-state index contributed by atoms with van der Waals surface area (Å²) in [4.78, 5) is 111. The third-order valence-corrected chi connectivity index (χ3v) is 7.26. The second-order valence-electron chi connectivity index (χ2n) is 12.5. The normalized spacial score (nSPS) is 8.43. The van der Waals surface area contributed by atoms with Crippen molar-refractivity contribution in [2.24, 2.45) is 0 Å². The van der Waals surface area contributed by atoms with E-state index < -0.39 is 41.8 Å². The van der Waals surface area contributed by atoms with Gasteiger partial charge in [0.2, 0.25) is 40.3 Å². The van der Waals surface area contributed by atoms with Crippen molar-refractivity contribution in [1.29, 1.82) is 0 Å². The van der Waals surface area contributed by atoms with Gasteiger partial charge in [0.1, 0.15) is 30.5 Å². The van der Waals surface area contributed by atoms with Crippen LogP contribution in [0.25, 0.3) is 0 Å². The molecule has 32 heteroatoms. The number of hydrogen-bond donors (Lipinski definition) is 9. The number of carbonyl (C=O) groups is 11. The van der Waals surface area contributed by atoms with Crippen molar-refractivity contribution < 1.29 is 156 Å². The molecule has 13 N–H and O–H groups in total. The summed E-state index contributed by atoms with van der Waals surface area (Å²) in [5, 5.41) is 74.7. The summed E-state index contributed by atoms with van der Waals surface area (Å²) < 4.78 is 51.7. The van der Waals surface area contributed by atoms with Gasteiger partial charge in [0.15, 0.2) is 48.2 Å². The Morgan fingerprint density at radius 3 is 0.805 bits per heavy atom. The van der Waals surface area contributed by atoms with Crippen LogP contribution in [0.15, 0.2) is 145 Å². The molecule has 0 saturated heterocycles. The number of aliphatic hydroxyl groups is 2. The Morgan fingerprint density at radius 1 is 0.390 bits per heavy atom. The minimum absolute atomic E-state index is 0. The summed E-state index contributed by atoms with van der Waals surface area (Å²) in [5.74, 6) is -7.34. The van der Waals surface area contributed by atoms with Crippen molar-refractivity contribution in [3.63, 3.8) is 0 Å². The Kier molecular flexibility index (Phi) is 46.7. The summed E-state index contributed by atoms with van der Waals surface area (Å²) in [6.07, 6.45) is 4.66. The molecule has 0 aliphatic rings. The number of aryl methyl sites for hydroxylation is 1. The van der Waals surface area contributed by atoms with Gasteiger partial charge in [-0.2, -0.15) is 0 Å². The quantitative estimate of drug-likeness (QED) is 0.0339. The second-order valence-corrected chi connectivity index (χ2v) is 12.5. The number of carboxylic acids is 7. The van der Waals surface area contributed by atoms with Crippen LogP contribution >= 0.6 is 0 Å². The fourth-order valence-corrected chi connectivity index (χ4v) is 4.05. The Bertz CT molecular complexity index is 2900. The summed E-state index contributed by atoms with van der Waals surface area (Å²) in [6, 6.07) is 22.3. The summed E-state index contributed by atoms with van der Waals surface area (Å²) >= 11 is 0. The number of aliphatic hydroxyl groups excluding tert-OH is 2. The van der Waals surface area contributed by atoms with Crippen molar-refractivity contribution in [2.75, 3.05) is 0 Å². The maximum Gasteiger partial charge on any atom is 0 e. The largest absolute Gasteiger partial charge is 0 e. The van der Waals surface area contributed by atoms with E-state index in [2.05, 4.69) is 39.8 Å². The minimum Gasteiger partial charge on any atom is 0 e. The number of furan rings is 8. The predicted octanol–water partition coefficient (Wildman–Crippen LogP) is 6.46. The van der Waals surface area contributed by atoms with Crippen molar-refractivity contribution in [1.82, 2.24) is 0 Å². The van der Waals surface area contributed by atoms with E-state index in [9.17, 15) is 52.7 Å². The Hall–Kier alpha value is -11.5. The van der Waals surface area contributed by atoms with E-state index in [1.807, 2.05) is 0 Å². The van der Waals surface area contributed by atoms with E-state index in [0.717, 1.165) is 0 Å². The molecule has 0 radical (unpaired) electrons. The molecular formula is C50H52O32. The van der Waals surface area contributed by atoms with E-state index in [4.69, 9.17) is 64.1 Å². The number of carboxylic acid groups (broad SMARTS) is 7. The zero-order valence-corrected chi connectivity index (χ0v) is 40.2. The molecule has 0 aliphatic heterocycles. The van der Waals surface area contributed by atoms with Crippen LogP contribution in [0.1, 0.15) is 150 Å². The molecule has 0 amide bonds. The molecule has 0 unspecified atom stereocenters. The van der Waals surface area contributed by atoms with Gasteiger partial charge in [-0.3, -0.25) is 19.2 Å². The molecule has 8 aromatic heterocycles. The van der Waals surface area contributed by atoms with E-state index >= 15 is 0 Å². The standard InChI is InChI=1S/C6H6O4.4C6H4O4.C6H6O3.C5H4O3.C5H6O2.2CO.2CH4.2H2O.H2/c5*7-3-4-1-2-5(10-4)6(8)9;1-4-2-3-5(9-4)6(7)8;6-5(7)4-2-1-3-8-4;6-4-5-2-1-3-7-5;2*1-2;;;;;/h1-2,7H,3H2,(H,8,9);4*1-3H,(H,8,9);2-3H,1H3,(H,7,8);1-3H,(H,6,7);1-3,6H,4H2;;;2*1H4;2*1H2;1H. The number of rotatable bonds is 13. The second kappa shape index (κ2) is 46.8. The number of carbonyl (C=O) groups excluding carboxylic acids is 4. The molecule has 82 heavy (non-hydrogen) atoms. The molecule has 0 saturated carbocycles. The molecule has 32 nitrogen and oxygen atoms in total. The monoisotopic (exact) mass is 1160 g/mol. The zero-order valence-electron chi connectivity index (χ0n) is 40.2. The van der Waals surface area contributed by atoms with Gasteiger partial charge >= 0.3 is 64.4 Å². The topological polar surface area (TPSA) is 578 Å². The molecule has 0 bridgehead atoms. The first-order valence-corrected chi connectivity index (χ1v) is 19.8. The van der Waals surface area contributed by atoms with E-state index in [0.29, 0.717) is 36.7 Å². The molecule has 0 aliphatic carbocycles. The first kappa shape index (κ1) is 81.9. The van der Waals surface area contributed by atoms with Gasteiger partial charge in [-0.25, -0.2) is 33.6 Å². The average molecular weight is 1160 g/mol. The average Bonchev–Trinajstić information content (AvgIpc) is 4.28. The van der Waals surface area contributed by atoms with Gasteiger partial charge in [-0.1, -0.05) is 14.9 Å². The SMILES string of the molecule is C.C.Cc1ccc(C(=O)O)o1.O.O.O=C(O)c1ccc(CO)o1.O=C(O)c1ccco1.O=Cc1ccc(C(=O)O)o1.O=Cc1ccc(C(=O)O)o1.O=Cc1ccc(C(=O)O)o1.O=Cc1ccc(C(=O)O)o1.OCc1ccco1.[C-]#[O+].[C-]#[O+].[HH]. The summed E-state index contributed by atoms with van der Waals surface area (Å²) in [5.41, 5.74) is 0. The van der Waals surface area contributed by atoms with Gasteiger partial charge in [0.05, 0.1) is 12.5 Å². The summed E-state index contributed by atoms with van der Waals surface area (Å²) in [7, 11) is 0. The van der Waals surface area contributed by atoms with Gasteiger partial charge < -0.3 is 92.2 Å². The molecule has 444 valence electrons. The first-order valence-electron chi connectivity index (χ1n) is 19.8. The molecule has 0 spiro atoms. The number of aldehydes is 4. The predicted molar refractivity (Wildman–Crippen MR) is 267 cm³/mol. The van der Waals surface area contributed by atoms with Gasteiger partial charge in [0.25, 0.3) is 0 Å². The van der Waals surface area contributed by atoms with E-state index in [-0.39, 0.29) is 110 Å². The van der Waals surface area contributed by atoms with Crippen LogP contribution in [0.4, 0.5) is 0 Å². The van der Waals surface area contributed by atoms with Crippen LogP contribution in [-0.2, 0) is 22.5 Å². The van der Waals surface area contributed by atoms with Crippen LogP contribution in [0.5, 0.6) is 0 Å². The minimum atomic E-state index is -1.17. The number of aromatic carboxylic acids is 7. The molecule has 0 fully saturated rings.